The molecule has 0 aromatic rings. The Morgan fingerprint density at radius 1 is 1.17 bits per heavy atom. The first-order valence-electron chi connectivity index (χ1n) is 6.91. The summed E-state index contributed by atoms with van der Waals surface area (Å²) in [5.74, 6) is 0.269. The maximum absolute atomic E-state index is 12.1. The molecule has 1 heterocycles. The molecule has 0 unspecified atom stereocenters. The monoisotopic (exact) mass is 256 g/mol. The molecular formula is C13H28N4O. The minimum atomic E-state index is 0.269. The Labute approximate surface area is 111 Å². The van der Waals surface area contributed by atoms with Gasteiger partial charge in [0.2, 0.25) is 5.91 Å². The van der Waals surface area contributed by atoms with Gasteiger partial charge in [0.25, 0.3) is 0 Å². The van der Waals surface area contributed by atoms with Gasteiger partial charge in [-0.1, -0.05) is 0 Å². The topological polar surface area (TPSA) is 38.8 Å². The van der Waals surface area contributed by atoms with E-state index in [2.05, 4.69) is 29.2 Å². The standard InChI is InChI=1S/C13H28N4O/c1-15(2)8-5-9-16(3)12-13(18)17-10-4-6-14-7-11-17/h14H,4-12H2,1-3H3. The Morgan fingerprint density at radius 3 is 2.67 bits per heavy atom. The van der Waals surface area contributed by atoms with Gasteiger partial charge in [0.15, 0.2) is 0 Å². The molecule has 106 valence electrons. The fraction of sp³-hybridized carbons (Fsp3) is 0.923. The first-order valence-corrected chi connectivity index (χ1v) is 6.91. The highest BCUT2D eigenvalue weighted by Gasteiger charge is 2.16. The molecule has 1 aliphatic rings. The minimum Gasteiger partial charge on any atom is -0.340 e. The number of carbonyl (C=O) groups is 1. The van der Waals surface area contributed by atoms with Gasteiger partial charge in [-0.2, -0.15) is 0 Å². The highest BCUT2D eigenvalue weighted by Crippen LogP contribution is 1.98. The average Bonchev–Trinajstić information content (AvgIpc) is 2.56. The summed E-state index contributed by atoms with van der Waals surface area (Å²) in [5, 5.41) is 3.32. The van der Waals surface area contributed by atoms with Crippen molar-refractivity contribution in [3.8, 4) is 0 Å². The molecule has 18 heavy (non-hydrogen) atoms. The summed E-state index contributed by atoms with van der Waals surface area (Å²) in [4.78, 5) is 18.4. The number of nitrogens with zero attached hydrogens (tertiary/aromatic N) is 3. The summed E-state index contributed by atoms with van der Waals surface area (Å²) >= 11 is 0. The molecule has 0 radical (unpaired) electrons. The fourth-order valence-electron chi connectivity index (χ4n) is 2.16. The van der Waals surface area contributed by atoms with Crippen LogP contribution in [0, 0.1) is 0 Å². The van der Waals surface area contributed by atoms with E-state index in [-0.39, 0.29) is 5.91 Å². The molecule has 0 aliphatic carbocycles. The number of amides is 1. The highest BCUT2D eigenvalue weighted by molar-refractivity contribution is 5.78. The third-order valence-corrected chi connectivity index (χ3v) is 3.24. The van der Waals surface area contributed by atoms with Crippen molar-refractivity contribution in [1.82, 2.24) is 20.0 Å². The van der Waals surface area contributed by atoms with Crippen LogP contribution in [-0.4, -0.2) is 87.6 Å². The molecule has 1 saturated heterocycles. The molecule has 1 fully saturated rings. The van der Waals surface area contributed by atoms with Crippen LogP contribution in [0.3, 0.4) is 0 Å². The van der Waals surface area contributed by atoms with Crippen molar-refractivity contribution in [2.75, 3.05) is 67.0 Å². The third kappa shape index (κ3) is 6.33. The Balaban J connectivity index is 2.21. The summed E-state index contributed by atoms with van der Waals surface area (Å²) in [6.07, 6.45) is 2.18. The van der Waals surface area contributed by atoms with Gasteiger partial charge in [0.1, 0.15) is 0 Å². The largest absolute Gasteiger partial charge is 0.340 e. The smallest absolute Gasteiger partial charge is 0.236 e. The van der Waals surface area contributed by atoms with Crippen LogP contribution in [-0.2, 0) is 4.79 Å². The van der Waals surface area contributed by atoms with Crippen molar-refractivity contribution >= 4 is 5.91 Å². The minimum absolute atomic E-state index is 0.269. The molecule has 0 aromatic heterocycles. The summed E-state index contributed by atoms with van der Waals surface area (Å²) in [7, 11) is 6.19. The van der Waals surface area contributed by atoms with E-state index in [9.17, 15) is 4.79 Å². The molecule has 0 bridgehead atoms. The summed E-state index contributed by atoms with van der Waals surface area (Å²) in [6, 6.07) is 0. The fourth-order valence-corrected chi connectivity index (χ4v) is 2.16. The van der Waals surface area contributed by atoms with Crippen LogP contribution in [0.1, 0.15) is 12.8 Å². The van der Waals surface area contributed by atoms with E-state index in [4.69, 9.17) is 0 Å². The van der Waals surface area contributed by atoms with Crippen molar-refractivity contribution in [2.24, 2.45) is 0 Å². The second-order valence-corrected chi connectivity index (χ2v) is 5.38. The van der Waals surface area contributed by atoms with Gasteiger partial charge in [0, 0.05) is 19.6 Å². The van der Waals surface area contributed by atoms with Gasteiger partial charge in [-0.15, -0.1) is 0 Å². The van der Waals surface area contributed by atoms with Crippen LogP contribution < -0.4 is 5.32 Å². The Morgan fingerprint density at radius 2 is 1.94 bits per heavy atom. The number of carbonyl (C=O) groups excluding carboxylic acids is 1. The zero-order valence-corrected chi connectivity index (χ0v) is 12.1. The first-order chi connectivity index (χ1) is 8.59. The molecule has 0 aromatic carbocycles. The maximum atomic E-state index is 12.1. The lowest BCUT2D eigenvalue weighted by atomic mass is 10.3. The van der Waals surface area contributed by atoms with Crippen LogP contribution >= 0.6 is 0 Å². The van der Waals surface area contributed by atoms with Crippen molar-refractivity contribution in [1.29, 1.82) is 0 Å². The number of likely N-dealkylation sites (N-methyl/N-ethyl adjacent to an activating group) is 1. The van der Waals surface area contributed by atoms with Gasteiger partial charge < -0.3 is 15.1 Å². The van der Waals surface area contributed by atoms with E-state index >= 15 is 0 Å². The van der Waals surface area contributed by atoms with E-state index in [0.717, 1.165) is 52.1 Å². The predicted octanol–water partition coefficient (Wildman–Crippen LogP) is -0.308. The zero-order chi connectivity index (χ0) is 13.4. The van der Waals surface area contributed by atoms with E-state index in [0.29, 0.717) is 6.54 Å². The zero-order valence-electron chi connectivity index (χ0n) is 12.1. The molecule has 0 atom stereocenters. The summed E-state index contributed by atoms with van der Waals surface area (Å²) in [6.45, 7) is 6.32. The van der Waals surface area contributed by atoms with Gasteiger partial charge in [-0.25, -0.2) is 0 Å². The van der Waals surface area contributed by atoms with Crippen LogP contribution in [0.2, 0.25) is 0 Å². The molecule has 1 rings (SSSR count). The van der Waals surface area contributed by atoms with E-state index < -0.39 is 0 Å². The molecular weight excluding hydrogens is 228 g/mol. The molecule has 1 amide bonds. The third-order valence-electron chi connectivity index (χ3n) is 3.24. The Bertz CT molecular complexity index is 237. The van der Waals surface area contributed by atoms with Crippen LogP contribution in [0.25, 0.3) is 0 Å². The van der Waals surface area contributed by atoms with Gasteiger partial charge in [0.05, 0.1) is 6.54 Å². The molecule has 1 N–H and O–H groups in total. The lowest BCUT2D eigenvalue weighted by molar-refractivity contribution is -0.131. The van der Waals surface area contributed by atoms with E-state index in [1.54, 1.807) is 0 Å². The normalized spacial score (nSPS) is 17.3. The number of hydrogen-bond acceptors (Lipinski definition) is 4. The van der Waals surface area contributed by atoms with Crippen molar-refractivity contribution in [3.63, 3.8) is 0 Å². The molecule has 5 heteroatoms. The quantitative estimate of drug-likeness (QED) is 0.708. The highest BCUT2D eigenvalue weighted by atomic mass is 16.2. The predicted molar refractivity (Wildman–Crippen MR) is 74.7 cm³/mol. The van der Waals surface area contributed by atoms with Crippen LogP contribution in [0.15, 0.2) is 0 Å². The molecule has 1 aliphatic heterocycles. The SMILES string of the molecule is CN(C)CCCN(C)CC(=O)N1CCCNCC1. The average molecular weight is 256 g/mol. The molecule has 0 spiro atoms. The summed E-state index contributed by atoms with van der Waals surface area (Å²) in [5.41, 5.74) is 0. The lowest BCUT2D eigenvalue weighted by Gasteiger charge is -2.24. The second-order valence-electron chi connectivity index (χ2n) is 5.38. The van der Waals surface area contributed by atoms with Crippen molar-refractivity contribution < 1.29 is 4.79 Å². The van der Waals surface area contributed by atoms with Crippen molar-refractivity contribution in [2.45, 2.75) is 12.8 Å². The van der Waals surface area contributed by atoms with E-state index in [1.807, 2.05) is 11.9 Å². The van der Waals surface area contributed by atoms with Crippen molar-refractivity contribution in [3.05, 3.63) is 0 Å². The van der Waals surface area contributed by atoms with E-state index in [1.165, 1.54) is 0 Å². The lowest BCUT2D eigenvalue weighted by Crippen LogP contribution is -2.41. The summed E-state index contributed by atoms with van der Waals surface area (Å²) < 4.78 is 0. The number of hydrogen-bond donors (Lipinski definition) is 1. The molecule has 0 saturated carbocycles. The second kappa shape index (κ2) is 8.45. The Hall–Kier alpha value is -0.650. The first kappa shape index (κ1) is 15.4. The van der Waals surface area contributed by atoms with Gasteiger partial charge in [-0.05, 0) is 53.6 Å². The molecule has 5 nitrogen and oxygen atoms in total. The van der Waals surface area contributed by atoms with Crippen LogP contribution in [0.4, 0.5) is 0 Å². The van der Waals surface area contributed by atoms with Crippen LogP contribution in [0.5, 0.6) is 0 Å². The number of nitrogens with one attached hydrogen (secondary N) is 1. The van der Waals surface area contributed by atoms with Gasteiger partial charge >= 0.3 is 0 Å². The maximum Gasteiger partial charge on any atom is 0.236 e. The number of rotatable bonds is 6. The van der Waals surface area contributed by atoms with Gasteiger partial charge in [-0.3, -0.25) is 9.69 Å². The Kier molecular flexibility index (Phi) is 7.23.